The maximum Gasteiger partial charge on any atom is 0.313 e. The van der Waals surface area contributed by atoms with Crippen LogP contribution in [0.3, 0.4) is 0 Å². The molecule has 1 fully saturated rings. The highest BCUT2D eigenvalue weighted by molar-refractivity contribution is 7.85. The predicted molar refractivity (Wildman–Crippen MR) is 399 cm³/mol. The number of allylic oxidation sites excluding steroid dienone is 1. The Hall–Kier alpha value is -9.37. The van der Waals surface area contributed by atoms with Crippen LogP contribution in [0.2, 0.25) is 0 Å². The second-order valence-corrected chi connectivity index (χ2v) is 26.4. The monoisotopic (exact) mass is 1620 g/mol. The fourth-order valence-electron chi connectivity index (χ4n) is 11.4. The normalized spacial score (nSPS) is 12.8. The molecular weight excluding hydrogens is 1520 g/mol. The number of amides is 5. The van der Waals surface area contributed by atoms with E-state index in [2.05, 4.69) is 30.7 Å². The average Bonchev–Trinajstić information content (AvgIpc) is 1.74. The molecular formula is C72H100F4N14O22S. The summed E-state index contributed by atoms with van der Waals surface area (Å²) in [7, 11) is -4.21. The van der Waals surface area contributed by atoms with Crippen molar-refractivity contribution in [2.45, 2.75) is 84.3 Å². The van der Waals surface area contributed by atoms with E-state index in [1.54, 1.807) is 39.8 Å². The number of anilines is 2. The molecule has 7 rings (SSSR count). The zero-order valence-corrected chi connectivity index (χ0v) is 64.7. The molecule has 0 unspecified atom stereocenters. The smallest absolute Gasteiger partial charge is 0.313 e. The summed E-state index contributed by atoms with van der Waals surface area (Å²) >= 11 is 0. The van der Waals surface area contributed by atoms with Gasteiger partial charge in [-0.3, -0.25) is 53.5 Å². The Labute approximate surface area is 649 Å². The Kier molecular flexibility index (Phi) is 38.1. The van der Waals surface area contributed by atoms with Gasteiger partial charge in [-0.2, -0.15) is 22.3 Å². The molecule has 6 aromatic rings. The van der Waals surface area contributed by atoms with E-state index in [1.165, 1.54) is 31.4 Å². The lowest BCUT2D eigenvalue weighted by molar-refractivity contribution is -0.136. The molecule has 624 valence electrons. The number of piperazine rings is 1. The number of nitrogens with one attached hydrogen (secondary N) is 4. The summed E-state index contributed by atoms with van der Waals surface area (Å²) in [6.07, 6.45) is 2.52. The highest BCUT2D eigenvalue weighted by Gasteiger charge is 2.35. The molecule has 41 heteroatoms. The summed E-state index contributed by atoms with van der Waals surface area (Å²) in [5, 5.41) is 21.4. The number of nitrogens with zero attached hydrogens (tertiary/aromatic N) is 8. The van der Waals surface area contributed by atoms with Gasteiger partial charge in [-0.25, -0.2) is 18.7 Å². The van der Waals surface area contributed by atoms with Gasteiger partial charge in [-0.1, -0.05) is 0 Å². The summed E-state index contributed by atoms with van der Waals surface area (Å²) < 4.78 is 163. The number of aromatic nitrogens is 6. The minimum absolute atomic E-state index is 0.00420. The first-order valence-electron chi connectivity index (χ1n) is 36.7. The van der Waals surface area contributed by atoms with E-state index in [0.717, 1.165) is 0 Å². The van der Waals surface area contributed by atoms with Crippen LogP contribution in [-0.4, -0.2) is 278 Å². The number of methoxy groups -OCH3 is 1. The molecule has 1 aliphatic rings. The quantitative estimate of drug-likeness (QED) is 0.00401. The lowest BCUT2D eigenvalue weighted by Gasteiger charge is -2.34. The van der Waals surface area contributed by atoms with Crippen molar-refractivity contribution >= 4 is 85.3 Å². The number of carbonyl (C=O) groups excluding carboxylic acids is 6. The first-order chi connectivity index (χ1) is 54.3. The predicted octanol–water partition coefficient (Wildman–Crippen LogP) is 4.59. The van der Waals surface area contributed by atoms with E-state index in [9.17, 15) is 54.7 Å². The van der Waals surface area contributed by atoms with E-state index in [0.29, 0.717) is 203 Å². The largest absolute Gasteiger partial charge is 0.494 e. The summed E-state index contributed by atoms with van der Waals surface area (Å²) in [5.74, 6) is -14.2. The molecule has 0 spiro atoms. The minimum atomic E-state index is -5.66. The van der Waals surface area contributed by atoms with Crippen LogP contribution in [0.1, 0.15) is 89.8 Å². The van der Waals surface area contributed by atoms with E-state index < -0.39 is 80.1 Å². The molecule has 0 saturated carbocycles. The Bertz CT molecular complexity index is 4280. The Morgan fingerprint density at radius 3 is 1.46 bits per heavy atom. The van der Waals surface area contributed by atoms with Crippen molar-refractivity contribution in [2.75, 3.05) is 196 Å². The summed E-state index contributed by atoms with van der Waals surface area (Å²) in [6.45, 7) is 17.1. The number of hydrogen-bond acceptors (Lipinski definition) is 27. The molecule has 1 aliphatic heterocycles. The third-order valence-electron chi connectivity index (χ3n) is 16.8. The van der Waals surface area contributed by atoms with Crippen LogP contribution < -0.4 is 41.6 Å². The molecule has 3 aromatic carbocycles. The summed E-state index contributed by atoms with van der Waals surface area (Å²) in [6, 6.07) is 7.81. The number of halogens is 4. The lowest BCUT2D eigenvalue weighted by Crippen LogP contribution is -2.49. The number of ether oxygens (including phenoxy) is 13. The SMILES string of the molecule is CCN/C(=C\C(C)=N)C(=O)Nc1nc2cc(C(N)=O)cc(OCCCN3CCN(C(=O)CCOCCOCCOCCOCCOCCOCCOCCOCCOCCOCCC(=O)Oc4c(F)c(F)c(S(=O)(=O)O)c(F)c4F)CC3)c2n1CCCCn1c(NC(=O)c2cc(C)nn2CC)nc2cc(C(N)=O)cc(OC)c21. The third-order valence-corrected chi connectivity index (χ3v) is 17.7. The second-order valence-electron chi connectivity index (χ2n) is 25.1. The number of likely N-dealkylation sites (N-methyl/N-ethyl adjacent to an activating group) is 1. The first-order valence-corrected chi connectivity index (χ1v) is 38.1. The first kappa shape index (κ1) is 90.8. The maximum absolute atomic E-state index is 14.1. The van der Waals surface area contributed by atoms with Crippen LogP contribution in [-0.2, 0) is 91.5 Å². The number of hydrogen-bond donors (Lipinski definition) is 7. The molecule has 0 bridgehead atoms. The van der Waals surface area contributed by atoms with Gasteiger partial charge in [0.25, 0.3) is 11.8 Å². The Morgan fingerprint density at radius 2 is 1.03 bits per heavy atom. The molecule has 5 amide bonds. The molecule has 9 N–H and O–H groups in total. The fraction of sp³-hybridized carbons (Fsp3) is 0.556. The van der Waals surface area contributed by atoms with Gasteiger partial charge in [0.05, 0.1) is 175 Å². The number of unbranched alkanes of at least 4 members (excludes halogenated alkanes) is 1. The maximum atomic E-state index is 14.1. The highest BCUT2D eigenvalue weighted by atomic mass is 32.2. The number of benzene rings is 3. The number of aryl methyl sites for hydroxylation is 4. The molecule has 36 nitrogen and oxygen atoms in total. The number of esters is 1. The van der Waals surface area contributed by atoms with Gasteiger partial charge in [0.2, 0.25) is 47.0 Å². The number of fused-ring (bicyclic) bond motifs is 2. The van der Waals surface area contributed by atoms with Crippen molar-refractivity contribution in [3.63, 3.8) is 0 Å². The Balaban J connectivity index is 0.710. The van der Waals surface area contributed by atoms with Crippen LogP contribution in [0.5, 0.6) is 17.2 Å². The zero-order chi connectivity index (χ0) is 81.8. The van der Waals surface area contributed by atoms with E-state index >= 15 is 0 Å². The van der Waals surface area contributed by atoms with Crippen molar-refractivity contribution in [3.8, 4) is 17.2 Å². The number of nitrogens with two attached hydrogens (primary N) is 2. The standard InChI is InChI=1S/C72H100F4N14O22S/c1-6-80-53(41-47(3)77)69(95)83-71-82-52-44-50(68(79)94)46-56(64(52)89(71)15-9-8-14-88-63-51(43-49(67(78)93)45-55(63)100-5)81-72(88)84-70(96)54-42-48(4)85-90(54)7-2)111-20-10-13-86-16-18-87(19-17-86)57(91)11-21-101-23-25-103-27-29-105-31-33-107-35-37-109-39-40-110-38-36-108-34-32-106-30-28-104-26-24-102-22-12-58(92)112-65-59(73)61(75)66(113(97,98)99)62(76)60(65)74/h41-46,77,80H,6-40H2,1-5H3,(H2,78,93)(H2,79,94)(H,81,84,96)(H,82,83,95)(H,97,98,99)/b53-41-,77-47?. The van der Waals surface area contributed by atoms with E-state index in [-0.39, 0.29) is 106 Å². The van der Waals surface area contributed by atoms with Crippen LogP contribution in [0.15, 0.2) is 47.0 Å². The van der Waals surface area contributed by atoms with Crippen LogP contribution in [0, 0.1) is 35.6 Å². The van der Waals surface area contributed by atoms with Crippen LogP contribution >= 0.6 is 0 Å². The van der Waals surface area contributed by atoms with Crippen molar-refractivity contribution in [2.24, 2.45) is 11.5 Å². The Morgan fingerprint density at radius 1 is 0.584 bits per heavy atom. The van der Waals surface area contributed by atoms with Gasteiger partial charge in [0, 0.05) is 75.7 Å². The lowest BCUT2D eigenvalue weighted by atomic mass is 10.1. The summed E-state index contributed by atoms with van der Waals surface area (Å²) in [4.78, 5) is 89.4. The summed E-state index contributed by atoms with van der Waals surface area (Å²) in [5.41, 5.74) is 14.8. The van der Waals surface area contributed by atoms with Crippen LogP contribution in [0.4, 0.5) is 29.5 Å². The fourth-order valence-corrected chi connectivity index (χ4v) is 12.0. The van der Waals surface area contributed by atoms with Gasteiger partial charge in [0.15, 0.2) is 16.5 Å². The topological polar surface area (TPSA) is 449 Å². The number of primary amides is 2. The van der Waals surface area contributed by atoms with Crippen molar-refractivity contribution in [1.82, 2.24) is 44.0 Å². The third kappa shape index (κ3) is 28.6. The number of carbonyl (C=O) groups is 6. The highest BCUT2D eigenvalue weighted by Crippen LogP contribution is 2.36. The number of rotatable bonds is 56. The molecule has 0 atom stereocenters. The average molecular weight is 1620 g/mol. The molecule has 4 heterocycles. The molecule has 0 radical (unpaired) electrons. The molecule has 113 heavy (non-hydrogen) atoms. The van der Waals surface area contributed by atoms with E-state index in [1.807, 2.05) is 18.7 Å². The molecule has 3 aromatic heterocycles. The van der Waals surface area contributed by atoms with E-state index in [4.69, 9.17) is 88.2 Å². The minimum Gasteiger partial charge on any atom is -0.494 e. The molecule has 1 saturated heterocycles. The van der Waals surface area contributed by atoms with Gasteiger partial charge in [-0.15, -0.1) is 0 Å². The van der Waals surface area contributed by atoms with Crippen LogP contribution in [0.25, 0.3) is 22.1 Å². The van der Waals surface area contributed by atoms with Crippen molar-refractivity contribution in [3.05, 3.63) is 87.9 Å². The molecule has 0 aliphatic carbocycles. The van der Waals surface area contributed by atoms with Gasteiger partial charge < -0.3 is 97.8 Å². The van der Waals surface area contributed by atoms with Gasteiger partial charge in [0.1, 0.15) is 33.9 Å². The second kappa shape index (κ2) is 47.3. The zero-order valence-electron chi connectivity index (χ0n) is 63.9. The van der Waals surface area contributed by atoms with Crippen molar-refractivity contribution in [1.29, 1.82) is 5.41 Å². The number of imidazole rings is 2. The van der Waals surface area contributed by atoms with Gasteiger partial charge in [-0.05, 0) is 83.4 Å². The van der Waals surface area contributed by atoms with Crippen molar-refractivity contribution < 1.29 is 121 Å². The van der Waals surface area contributed by atoms with Gasteiger partial charge >= 0.3 is 16.1 Å².